The van der Waals surface area contributed by atoms with Gasteiger partial charge < -0.3 is 14.8 Å². The minimum Gasteiger partial charge on any atom is -0.494 e. The zero-order valence-electron chi connectivity index (χ0n) is 12.9. The SMILES string of the molecule is CC(C)Oc1ccc(N=Cc2c(O)[nH]c3ccc(F)cc23)cc1. The Kier molecular flexibility index (Phi) is 4.02. The summed E-state index contributed by atoms with van der Waals surface area (Å²) >= 11 is 0. The van der Waals surface area contributed by atoms with Crippen LogP contribution in [-0.2, 0) is 0 Å². The van der Waals surface area contributed by atoms with Gasteiger partial charge in [-0.05, 0) is 56.3 Å². The molecule has 0 aliphatic carbocycles. The fourth-order valence-corrected chi connectivity index (χ4v) is 2.32. The average molecular weight is 312 g/mol. The van der Waals surface area contributed by atoms with Gasteiger partial charge >= 0.3 is 0 Å². The monoisotopic (exact) mass is 312 g/mol. The van der Waals surface area contributed by atoms with E-state index in [0.29, 0.717) is 22.2 Å². The van der Waals surface area contributed by atoms with Crippen LogP contribution in [-0.4, -0.2) is 22.4 Å². The Morgan fingerprint density at radius 1 is 1.17 bits per heavy atom. The van der Waals surface area contributed by atoms with Gasteiger partial charge in [0, 0.05) is 17.1 Å². The molecule has 4 nitrogen and oxygen atoms in total. The molecular formula is C18H17FN2O2. The Balaban J connectivity index is 1.88. The van der Waals surface area contributed by atoms with Crippen LogP contribution in [0.25, 0.3) is 10.9 Å². The van der Waals surface area contributed by atoms with Crippen molar-refractivity contribution in [1.82, 2.24) is 4.98 Å². The van der Waals surface area contributed by atoms with Crippen molar-refractivity contribution >= 4 is 22.8 Å². The molecule has 0 bridgehead atoms. The summed E-state index contributed by atoms with van der Waals surface area (Å²) < 4.78 is 19.0. The number of ether oxygens (including phenoxy) is 1. The van der Waals surface area contributed by atoms with Crippen LogP contribution in [0.2, 0.25) is 0 Å². The molecule has 1 heterocycles. The molecule has 23 heavy (non-hydrogen) atoms. The second kappa shape index (κ2) is 6.12. The van der Waals surface area contributed by atoms with E-state index in [4.69, 9.17) is 4.74 Å². The lowest BCUT2D eigenvalue weighted by molar-refractivity contribution is 0.242. The molecule has 0 aliphatic heterocycles. The molecule has 3 aromatic rings. The Labute approximate surface area is 133 Å². The highest BCUT2D eigenvalue weighted by Crippen LogP contribution is 2.27. The standard InChI is InChI=1S/C18H17FN2O2/c1-11(2)23-14-6-4-13(5-7-14)20-10-16-15-9-12(19)3-8-17(15)21-18(16)22/h3-11,21-22H,1-2H3. The van der Waals surface area contributed by atoms with Crippen LogP contribution in [0.5, 0.6) is 11.6 Å². The Morgan fingerprint density at radius 3 is 2.61 bits per heavy atom. The van der Waals surface area contributed by atoms with Gasteiger partial charge in [0.15, 0.2) is 5.88 Å². The molecule has 0 radical (unpaired) electrons. The molecule has 2 aromatic carbocycles. The van der Waals surface area contributed by atoms with Crippen molar-refractivity contribution in [2.45, 2.75) is 20.0 Å². The second-order valence-electron chi connectivity index (χ2n) is 5.50. The van der Waals surface area contributed by atoms with Crippen molar-refractivity contribution < 1.29 is 14.2 Å². The lowest BCUT2D eigenvalue weighted by Crippen LogP contribution is -2.04. The molecular weight excluding hydrogens is 295 g/mol. The number of aromatic hydroxyl groups is 1. The summed E-state index contributed by atoms with van der Waals surface area (Å²) in [5, 5.41) is 10.5. The van der Waals surface area contributed by atoms with Crippen LogP contribution >= 0.6 is 0 Å². The van der Waals surface area contributed by atoms with Gasteiger partial charge in [0.25, 0.3) is 0 Å². The summed E-state index contributed by atoms with van der Waals surface area (Å²) in [6.07, 6.45) is 1.63. The Bertz CT molecular complexity index is 851. The van der Waals surface area contributed by atoms with Crippen molar-refractivity contribution in [3.8, 4) is 11.6 Å². The number of rotatable bonds is 4. The lowest BCUT2D eigenvalue weighted by Gasteiger charge is -2.08. The summed E-state index contributed by atoms with van der Waals surface area (Å²) in [6, 6.07) is 11.6. The van der Waals surface area contributed by atoms with Gasteiger partial charge in [-0.15, -0.1) is 0 Å². The minimum atomic E-state index is -0.360. The summed E-state index contributed by atoms with van der Waals surface area (Å²) in [7, 11) is 0. The van der Waals surface area contributed by atoms with Gasteiger partial charge in [0.05, 0.1) is 17.4 Å². The minimum absolute atomic E-state index is 0.0332. The summed E-state index contributed by atoms with van der Waals surface area (Å²) in [5.41, 5.74) is 1.83. The highest BCUT2D eigenvalue weighted by Gasteiger charge is 2.09. The molecule has 0 atom stereocenters. The number of benzene rings is 2. The van der Waals surface area contributed by atoms with Crippen molar-refractivity contribution in [1.29, 1.82) is 0 Å². The zero-order chi connectivity index (χ0) is 16.4. The van der Waals surface area contributed by atoms with Gasteiger partial charge in [0.2, 0.25) is 0 Å². The van der Waals surface area contributed by atoms with Crippen molar-refractivity contribution in [2.24, 2.45) is 4.99 Å². The van der Waals surface area contributed by atoms with Crippen molar-refractivity contribution in [2.75, 3.05) is 0 Å². The van der Waals surface area contributed by atoms with Crippen LogP contribution in [0.15, 0.2) is 47.5 Å². The number of aromatic amines is 1. The van der Waals surface area contributed by atoms with Crippen LogP contribution < -0.4 is 4.74 Å². The Hall–Kier alpha value is -2.82. The second-order valence-corrected chi connectivity index (χ2v) is 5.50. The number of hydrogen-bond acceptors (Lipinski definition) is 3. The summed E-state index contributed by atoms with van der Waals surface area (Å²) in [6.45, 7) is 3.93. The molecule has 0 saturated carbocycles. The van der Waals surface area contributed by atoms with Gasteiger partial charge in [-0.3, -0.25) is 4.99 Å². The van der Waals surface area contributed by atoms with E-state index in [1.807, 2.05) is 38.1 Å². The molecule has 0 fully saturated rings. The molecule has 1 aromatic heterocycles. The number of hydrogen-bond donors (Lipinski definition) is 2. The van der Waals surface area contributed by atoms with Gasteiger partial charge in [-0.25, -0.2) is 4.39 Å². The zero-order valence-corrected chi connectivity index (χ0v) is 12.9. The normalized spacial score (nSPS) is 11.7. The number of H-pyrrole nitrogens is 1. The molecule has 2 N–H and O–H groups in total. The van der Waals surface area contributed by atoms with E-state index in [9.17, 15) is 9.50 Å². The van der Waals surface area contributed by atoms with Crippen molar-refractivity contribution in [3.05, 3.63) is 53.8 Å². The highest BCUT2D eigenvalue weighted by atomic mass is 19.1. The van der Waals surface area contributed by atoms with Gasteiger partial charge in [0.1, 0.15) is 11.6 Å². The fourth-order valence-electron chi connectivity index (χ4n) is 2.32. The number of aliphatic imine (C=N–C) groups is 1. The highest BCUT2D eigenvalue weighted by molar-refractivity contribution is 6.02. The molecule has 0 saturated heterocycles. The van der Waals surface area contributed by atoms with Crippen LogP contribution in [0.1, 0.15) is 19.4 Å². The van der Waals surface area contributed by atoms with E-state index in [1.165, 1.54) is 18.3 Å². The molecule has 3 rings (SSSR count). The third kappa shape index (κ3) is 3.34. The predicted octanol–water partition coefficient (Wildman–Crippen LogP) is 4.55. The van der Waals surface area contributed by atoms with Gasteiger partial charge in [-0.1, -0.05) is 0 Å². The van der Waals surface area contributed by atoms with Crippen molar-refractivity contribution in [3.63, 3.8) is 0 Å². The van der Waals surface area contributed by atoms with E-state index < -0.39 is 0 Å². The number of nitrogens with zero attached hydrogens (tertiary/aromatic N) is 1. The van der Waals surface area contributed by atoms with E-state index in [1.54, 1.807) is 6.07 Å². The number of aromatic nitrogens is 1. The molecule has 0 unspecified atom stereocenters. The maximum absolute atomic E-state index is 13.4. The maximum atomic E-state index is 13.4. The summed E-state index contributed by atoms with van der Waals surface area (Å²) in [5.74, 6) is 0.381. The topological polar surface area (TPSA) is 57.6 Å². The van der Waals surface area contributed by atoms with E-state index in [2.05, 4.69) is 9.98 Å². The number of nitrogens with one attached hydrogen (secondary N) is 1. The summed E-state index contributed by atoms with van der Waals surface area (Å²) in [4.78, 5) is 7.13. The largest absolute Gasteiger partial charge is 0.494 e. The quantitative estimate of drug-likeness (QED) is 0.694. The maximum Gasteiger partial charge on any atom is 0.198 e. The predicted molar refractivity (Wildman–Crippen MR) is 89.4 cm³/mol. The lowest BCUT2D eigenvalue weighted by atomic mass is 10.2. The smallest absolute Gasteiger partial charge is 0.198 e. The van der Waals surface area contributed by atoms with Crippen LogP contribution in [0, 0.1) is 5.82 Å². The number of halogens is 1. The van der Waals surface area contributed by atoms with E-state index in [0.717, 1.165) is 5.75 Å². The Morgan fingerprint density at radius 2 is 1.91 bits per heavy atom. The molecule has 5 heteroatoms. The van der Waals surface area contributed by atoms with Gasteiger partial charge in [-0.2, -0.15) is 0 Å². The average Bonchev–Trinajstić information content (AvgIpc) is 2.81. The third-order valence-corrected chi connectivity index (χ3v) is 3.33. The molecule has 0 amide bonds. The first-order valence-electron chi connectivity index (χ1n) is 7.34. The van der Waals surface area contributed by atoms with Crippen LogP contribution in [0.3, 0.4) is 0 Å². The fraction of sp³-hybridized carbons (Fsp3) is 0.167. The third-order valence-electron chi connectivity index (χ3n) is 3.33. The molecule has 118 valence electrons. The molecule has 0 spiro atoms. The first-order valence-corrected chi connectivity index (χ1v) is 7.34. The first-order chi connectivity index (χ1) is 11.0. The molecule has 0 aliphatic rings. The van der Waals surface area contributed by atoms with E-state index >= 15 is 0 Å². The first kappa shape index (κ1) is 15.1. The van der Waals surface area contributed by atoms with E-state index in [-0.39, 0.29) is 17.8 Å². The van der Waals surface area contributed by atoms with Crippen LogP contribution in [0.4, 0.5) is 10.1 Å². The number of fused-ring (bicyclic) bond motifs is 1.